The van der Waals surface area contributed by atoms with Gasteiger partial charge in [0.25, 0.3) is 0 Å². The van der Waals surface area contributed by atoms with Crippen LogP contribution in [0.15, 0.2) is 12.7 Å². The Labute approximate surface area is 95.5 Å². The largest absolute Gasteiger partial charge is 0.341 e. The Kier molecular flexibility index (Phi) is 3.22. The number of carbonyl (C=O) groups excluding carboxylic acids is 1. The molecule has 5 nitrogen and oxygen atoms in total. The van der Waals surface area contributed by atoms with E-state index in [9.17, 15) is 4.79 Å². The number of hydrogen-bond donors (Lipinski definition) is 0. The number of nitrogens with zero attached hydrogens (tertiary/aromatic N) is 4. The van der Waals surface area contributed by atoms with Crippen LogP contribution < -0.4 is 0 Å². The molecule has 0 spiro atoms. The Morgan fingerprint density at radius 3 is 2.62 bits per heavy atom. The van der Waals surface area contributed by atoms with Gasteiger partial charge in [0.15, 0.2) is 0 Å². The third-order valence-electron chi connectivity index (χ3n) is 2.99. The molecule has 2 heterocycles. The van der Waals surface area contributed by atoms with Crippen molar-refractivity contribution in [3.05, 3.63) is 12.7 Å². The van der Waals surface area contributed by atoms with E-state index in [4.69, 9.17) is 0 Å². The standard InChI is InChI=1S/C11H18N4O/c1-9-3-10(2)5-14(4-9)11(16)6-15-8-12-7-13-15/h7-10H,3-6H2,1-2H3. The number of carbonyl (C=O) groups is 1. The number of amides is 1. The molecule has 1 aliphatic heterocycles. The molecule has 0 aromatic carbocycles. The number of likely N-dealkylation sites (tertiary alicyclic amines) is 1. The first-order valence-electron chi connectivity index (χ1n) is 5.75. The maximum atomic E-state index is 12.0. The molecule has 1 saturated heterocycles. The SMILES string of the molecule is CC1CC(C)CN(C(=O)Cn2cncn2)C1. The number of piperidine rings is 1. The minimum Gasteiger partial charge on any atom is -0.341 e. The maximum absolute atomic E-state index is 12.0. The lowest BCUT2D eigenvalue weighted by Gasteiger charge is -2.34. The van der Waals surface area contributed by atoms with Crippen molar-refractivity contribution < 1.29 is 4.79 Å². The van der Waals surface area contributed by atoms with Gasteiger partial charge in [-0.2, -0.15) is 5.10 Å². The fourth-order valence-corrected chi connectivity index (χ4v) is 2.42. The number of rotatable bonds is 2. The molecule has 0 radical (unpaired) electrons. The van der Waals surface area contributed by atoms with E-state index >= 15 is 0 Å². The molecule has 0 saturated carbocycles. The lowest BCUT2D eigenvalue weighted by Crippen LogP contribution is -2.44. The molecule has 16 heavy (non-hydrogen) atoms. The molecular formula is C11H18N4O. The fraction of sp³-hybridized carbons (Fsp3) is 0.727. The highest BCUT2D eigenvalue weighted by atomic mass is 16.2. The Hall–Kier alpha value is -1.39. The number of aromatic nitrogens is 3. The Morgan fingerprint density at radius 2 is 2.06 bits per heavy atom. The zero-order valence-electron chi connectivity index (χ0n) is 9.83. The molecule has 1 aromatic heterocycles. The van der Waals surface area contributed by atoms with Gasteiger partial charge < -0.3 is 4.90 Å². The fourth-order valence-electron chi connectivity index (χ4n) is 2.42. The predicted octanol–water partition coefficient (Wildman–Crippen LogP) is 0.783. The van der Waals surface area contributed by atoms with Crippen LogP contribution in [-0.4, -0.2) is 38.7 Å². The van der Waals surface area contributed by atoms with Gasteiger partial charge in [-0.1, -0.05) is 13.8 Å². The predicted molar refractivity (Wildman–Crippen MR) is 59.5 cm³/mol. The van der Waals surface area contributed by atoms with Crippen LogP contribution in [-0.2, 0) is 11.3 Å². The van der Waals surface area contributed by atoms with E-state index in [1.54, 1.807) is 11.0 Å². The molecule has 1 aromatic rings. The van der Waals surface area contributed by atoms with Crippen LogP contribution in [0.4, 0.5) is 0 Å². The second-order valence-electron chi connectivity index (χ2n) is 4.84. The first-order chi connectivity index (χ1) is 7.65. The minimum absolute atomic E-state index is 0.143. The summed E-state index contributed by atoms with van der Waals surface area (Å²) in [7, 11) is 0. The van der Waals surface area contributed by atoms with Crippen LogP contribution in [0.25, 0.3) is 0 Å². The summed E-state index contributed by atoms with van der Waals surface area (Å²) in [5.41, 5.74) is 0. The van der Waals surface area contributed by atoms with Crippen molar-refractivity contribution in [1.29, 1.82) is 0 Å². The van der Waals surface area contributed by atoms with E-state index in [2.05, 4.69) is 23.9 Å². The van der Waals surface area contributed by atoms with Gasteiger partial charge in [0, 0.05) is 13.1 Å². The van der Waals surface area contributed by atoms with Gasteiger partial charge in [-0.3, -0.25) is 4.79 Å². The van der Waals surface area contributed by atoms with E-state index in [0.717, 1.165) is 13.1 Å². The zero-order chi connectivity index (χ0) is 11.5. The summed E-state index contributed by atoms with van der Waals surface area (Å²) in [6, 6.07) is 0. The van der Waals surface area contributed by atoms with Gasteiger partial charge in [0.05, 0.1) is 0 Å². The van der Waals surface area contributed by atoms with E-state index in [-0.39, 0.29) is 5.91 Å². The van der Waals surface area contributed by atoms with E-state index in [1.807, 2.05) is 4.90 Å². The molecule has 2 unspecified atom stereocenters. The summed E-state index contributed by atoms with van der Waals surface area (Å²) in [5.74, 6) is 1.34. The van der Waals surface area contributed by atoms with Crippen molar-refractivity contribution in [1.82, 2.24) is 19.7 Å². The summed E-state index contributed by atoms with van der Waals surface area (Å²) in [6.07, 6.45) is 4.25. The highest BCUT2D eigenvalue weighted by Crippen LogP contribution is 2.20. The first-order valence-corrected chi connectivity index (χ1v) is 5.75. The molecular weight excluding hydrogens is 204 g/mol. The molecule has 5 heteroatoms. The monoisotopic (exact) mass is 222 g/mol. The maximum Gasteiger partial charge on any atom is 0.244 e. The highest BCUT2D eigenvalue weighted by Gasteiger charge is 2.25. The zero-order valence-corrected chi connectivity index (χ0v) is 9.83. The van der Waals surface area contributed by atoms with Crippen molar-refractivity contribution >= 4 is 5.91 Å². The van der Waals surface area contributed by atoms with Crippen LogP contribution in [0.2, 0.25) is 0 Å². The average Bonchev–Trinajstić information content (AvgIpc) is 2.68. The molecule has 2 atom stereocenters. The van der Waals surface area contributed by atoms with Crippen LogP contribution in [0, 0.1) is 11.8 Å². The normalized spacial score (nSPS) is 25.8. The summed E-state index contributed by atoms with van der Waals surface area (Å²) < 4.78 is 1.58. The first kappa shape index (κ1) is 11.1. The molecule has 0 N–H and O–H groups in total. The summed E-state index contributed by atoms with van der Waals surface area (Å²) in [6.45, 7) is 6.45. The van der Waals surface area contributed by atoms with Crippen molar-refractivity contribution in [3.8, 4) is 0 Å². The Morgan fingerprint density at radius 1 is 1.38 bits per heavy atom. The van der Waals surface area contributed by atoms with Crippen LogP contribution >= 0.6 is 0 Å². The van der Waals surface area contributed by atoms with Crippen LogP contribution in [0.1, 0.15) is 20.3 Å². The van der Waals surface area contributed by atoms with Gasteiger partial charge in [-0.15, -0.1) is 0 Å². The quantitative estimate of drug-likeness (QED) is 0.743. The molecule has 1 amide bonds. The lowest BCUT2D eigenvalue weighted by atomic mass is 9.92. The Balaban J connectivity index is 1.94. The smallest absolute Gasteiger partial charge is 0.244 e. The van der Waals surface area contributed by atoms with Gasteiger partial charge >= 0.3 is 0 Å². The summed E-state index contributed by atoms with van der Waals surface area (Å²) in [5, 5.41) is 3.95. The van der Waals surface area contributed by atoms with Gasteiger partial charge in [0.1, 0.15) is 19.2 Å². The van der Waals surface area contributed by atoms with Crippen molar-refractivity contribution in [2.75, 3.05) is 13.1 Å². The third-order valence-corrected chi connectivity index (χ3v) is 2.99. The second-order valence-corrected chi connectivity index (χ2v) is 4.84. The minimum atomic E-state index is 0.143. The topological polar surface area (TPSA) is 51.0 Å². The van der Waals surface area contributed by atoms with Gasteiger partial charge in [-0.05, 0) is 18.3 Å². The summed E-state index contributed by atoms with van der Waals surface area (Å²) in [4.78, 5) is 17.8. The second kappa shape index (κ2) is 4.63. The van der Waals surface area contributed by atoms with E-state index in [0.29, 0.717) is 18.4 Å². The molecule has 1 aliphatic rings. The van der Waals surface area contributed by atoms with E-state index in [1.165, 1.54) is 12.7 Å². The highest BCUT2D eigenvalue weighted by molar-refractivity contribution is 5.76. The van der Waals surface area contributed by atoms with Crippen molar-refractivity contribution in [3.63, 3.8) is 0 Å². The average molecular weight is 222 g/mol. The van der Waals surface area contributed by atoms with Gasteiger partial charge in [-0.25, -0.2) is 9.67 Å². The summed E-state index contributed by atoms with van der Waals surface area (Å²) >= 11 is 0. The molecule has 2 rings (SSSR count). The van der Waals surface area contributed by atoms with Crippen molar-refractivity contribution in [2.45, 2.75) is 26.8 Å². The van der Waals surface area contributed by atoms with Gasteiger partial charge in [0.2, 0.25) is 5.91 Å². The molecule has 0 aliphatic carbocycles. The van der Waals surface area contributed by atoms with E-state index < -0.39 is 0 Å². The lowest BCUT2D eigenvalue weighted by molar-refractivity contribution is -0.134. The molecule has 1 fully saturated rings. The third kappa shape index (κ3) is 2.59. The van der Waals surface area contributed by atoms with Crippen LogP contribution in [0.3, 0.4) is 0 Å². The Bertz CT molecular complexity index is 339. The van der Waals surface area contributed by atoms with Crippen LogP contribution in [0.5, 0.6) is 0 Å². The molecule has 88 valence electrons. The van der Waals surface area contributed by atoms with Crippen molar-refractivity contribution in [2.24, 2.45) is 11.8 Å². The molecule has 0 bridgehead atoms. The number of hydrogen-bond acceptors (Lipinski definition) is 3.